The second-order valence-electron chi connectivity index (χ2n) is 6.82. The molecule has 1 aromatic carbocycles. The summed E-state index contributed by atoms with van der Waals surface area (Å²) in [6.45, 7) is 0. The molecule has 0 radical (unpaired) electrons. The van der Waals surface area contributed by atoms with Gasteiger partial charge in [-0.2, -0.15) is 13.2 Å². The molecule has 30 heavy (non-hydrogen) atoms. The highest BCUT2D eigenvalue weighted by Crippen LogP contribution is 2.37. The lowest BCUT2D eigenvalue weighted by Crippen LogP contribution is -2.23. The molecule has 0 bridgehead atoms. The second kappa shape index (κ2) is 7.92. The summed E-state index contributed by atoms with van der Waals surface area (Å²) in [5.74, 6) is -0.205. The summed E-state index contributed by atoms with van der Waals surface area (Å²) in [7, 11) is -4.14. The Morgan fingerprint density at radius 2 is 1.90 bits per heavy atom. The van der Waals surface area contributed by atoms with E-state index in [0.29, 0.717) is 18.7 Å². The molecular weight excluding hydrogens is 445 g/mol. The topological polar surface area (TPSA) is 96.1 Å². The third-order valence-corrected chi connectivity index (χ3v) is 6.00. The van der Waals surface area contributed by atoms with E-state index in [9.17, 15) is 31.2 Å². The quantitative estimate of drug-likeness (QED) is 0.732. The van der Waals surface area contributed by atoms with Gasteiger partial charge in [0.1, 0.15) is 5.02 Å². The highest BCUT2D eigenvalue weighted by atomic mass is 35.5. The summed E-state index contributed by atoms with van der Waals surface area (Å²) in [5, 5.41) is 2.58. The zero-order valence-electron chi connectivity index (χ0n) is 15.5. The molecule has 2 aromatic rings. The maximum absolute atomic E-state index is 13.6. The number of rotatable bonds is 4. The molecule has 0 spiro atoms. The molecule has 0 unspecified atom stereocenters. The molecule has 1 saturated heterocycles. The molecule has 1 amide bonds. The van der Waals surface area contributed by atoms with Crippen LogP contribution in [0.5, 0.6) is 0 Å². The van der Waals surface area contributed by atoms with E-state index < -0.39 is 38.1 Å². The molecule has 2 heterocycles. The number of aromatic amines is 1. The smallest absolute Gasteiger partial charge is 0.350 e. The van der Waals surface area contributed by atoms with Crippen LogP contribution in [0, 0.1) is 0 Å². The van der Waals surface area contributed by atoms with Gasteiger partial charge in [0, 0.05) is 30.0 Å². The first-order valence-electron chi connectivity index (χ1n) is 8.68. The van der Waals surface area contributed by atoms with Gasteiger partial charge in [-0.25, -0.2) is 8.42 Å². The summed E-state index contributed by atoms with van der Waals surface area (Å²) in [6, 6.07) is 5.07. The van der Waals surface area contributed by atoms with Gasteiger partial charge in [-0.05, 0) is 36.2 Å². The number of nitrogens with one attached hydrogen (secondary N) is 2. The molecule has 160 valence electrons. The van der Waals surface area contributed by atoms with E-state index in [-0.39, 0.29) is 34.2 Å². The molecule has 1 aliphatic heterocycles. The monoisotopic (exact) mass is 460 g/mol. The summed E-state index contributed by atoms with van der Waals surface area (Å²) in [6.07, 6.45) is -2.02. The van der Waals surface area contributed by atoms with Gasteiger partial charge in [0.05, 0.1) is 10.5 Å². The number of sulfone groups is 1. The number of amides is 1. The maximum Gasteiger partial charge on any atom is 0.417 e. The Hall–Kier alpha value is -2.59. The Morgan fingerprint density at radius 3 is 2.43 bits per heavy atom. The van der Waals surface area contributed by atoms with E-state index in [2.05, 4.69) is 10.3 Å². The Kier molecular flexibility index (Phi) is 5.83. The van der Waals surface area contributed by atoms with Crippen LogP contribution in [0.25, 0.3) is 5.57 Å². The summed E-state index contributed by atoms with van der Waals surface area (Å²) in [5.41, 5.74) is -1.57. The van der Waals surface area contributed by atoms with Crippen molar-refractivity contribution in [2.45, 2.75) is 30.0 Å². The van der Waals surface area contributed by atoms with Gasteiger partial charge in [0.2, 0.25) is 5.91 Å². The first kappa shape index (κ1) is 22.1. The molecule has 1 atom stereocenters. The number of carbonyl (C=O) groups excluding carboxylic acids is 1. The predicted molar refractivity (Wildman–Crippen MR) is 105 cm³/mol. The predicted octanol–water partition coefficient (Wildman–Crippen LogP) is 3.16. The molecule has 1 fully saturated rings. The van der Waals surface area contributed by atoms with Crippen LogP contribution in [0.3, 0.4) is 0 Å². The van der Waals surface area contributed by atoms with Crippen LogP contribution in [-0.2, 0) is 20.8 Å². The summed E-state index contributed by atoms with van der Waals surface area (Å²) < 4.78 is 64.4. The minimum Gasteiger partial charge on any atom is -0.350 e. The molecule has 0 saturated carbocycles. The highest BCUT2D eigenvalue weighted by molar-refractivity contribution is 7.90. The van der Waals surface area contributed by atoms with Gasteiger partial charge >= 0.3 is 6.18 Å². The van der Waals surface area contributed by atoms with Gasteiger partial charge in [0.25, 0.3) is 5.56 Å². The van der Waals surface area contributed by atoms with Crippen LogP contribution in [0.1, 0.15) is 29.7 Å². The van der Waals surface area contributed by atoms with E-state index in [1.807, 2.05) is 0 Å². The van der Waals surface area contributed by atoms with Gasteiger partial charge in [-0.3, -0.25) is 9.59 Å². The Bertz CT molecular complexity index is 1200. The molecule has 11 heteroatoms. The molecule has 2 N–H and O–H groups in total. The molecule has 1 aliphatic rings. The van der Waals surface area contributed by atoms with Gasteiger partial charge in [-0.15, -0.1) is 0 Å². The van der Waals surface area contributed by atoms with Crippen molar-refractivity contribution in [2.24, 2.45) is 0 Å². The summed E-state index contributed by atoms with van der Waals surface area (Å²) in [4.78, 5) is 25.1. The fourth-order valence-corrected chi connectivity index (χ4v) is 4.16. The van der Waals surface area contributed by atoms with E-state index in [1.165, 1.54) is 24.3 Å². The Morgan fingerprint density at radius 1 is 1.20 bits per heavy atom. The first-order chi connectivity index (χ1) is 13.9. The molecular formula is C19H16ClF3N2O4S. The van der Waals surface area contributed by atoms with Gasteiger partial charge in [0.15, 0.2) is 9.84 Å². The number of carbonyl (C=O) groups is 1. The van der Waals surface area contributed by atoms with E-state index in [1.54, 1.807) is 0 Å². The number of hydrogen-bond donors (Lipinski definition) is 2. The largest absolute Gasteiger partial charge is 0.417 e. The SMILES string of the molecule is CS(=O)(=O)c1ccc(/C(=C/[C@H]2CCC(=O)N2)c2ccc(Cl)c(=O)[nH]2)cc1C(F)(F)F. The number of alkyl halides is 3. The normalized spacial score (nSPS) is 17.8. The third kappa shape index (κ3) is 4.76. The van der Waals surface area contributed by atoms with Gasteiger partial charge < -0.3 is 10.3 Å². The van der Waals surface area contributed by atoms with Gasteiger partial charge in [-0.1, -0.05) is 23.7 Å². The standard InChI is InChI=1S/C19H16ClF3N2O4S/c1-30(28,29)16-6-2-10(8-13(16)19(21,22)23)12(9-11-3-7-17(26)24-11)15-5-4-14(20)18(27)25-15/h2,4-6,8-9,11H,3,7H2,1H3,(H,24,26)(H,25,27)/b12-9-/t11-/m1/s1. The molecule has 3 rings (SSSR count). The molecule has 0 aliphatic carbocycles. The number of pyridine rings is 1. The second-order valence-corrected chi connectivity index (χ2v) is 9.21. The lowest BCUT2D eigenvalue weighted by molar-refractivity contribution is -0.139. The summed E-state index contributed by atoms with van der Waals surface area (Å²) >= 11 is 5.74. The van der Waals surface area contributed by atoms with Crippen LogP contribution < -0.4 is 10.9 Å². The lowest BCUT2D eigenvalue weighted by atomic mass is 9.97. The highest BCUT2D eigenvalue weighted by Gasteiger charge is 2.36. The van der Waals surface area contributed by atoms with Crippen LogP contribution >= 0.6 is 11.6 Å². The average molecular weight is 461 g/mol. The van der Waals surface area contributed by atoms with Crippen LogP contribution in [0.2, 0.25) is 5.02 Å². The fourth-order valence-electron chi connectivity index (χ4n) is 3.16. The van der Waals surface area contributed by atoms with Crippen molar-refractivity contribution < 1.29 is 26.4 Å². The van der Waals surface area contributed by atoms with E-state index in [4.69, 9.17) is 11.6 Å². The first-order valence-corrected chi connectivity index (χ1v) is 11.0. The average Bonchev–Trinajstić information content (AvgIpc) is 3.05. The zero-order valence-corrected chi connectivity index (χ0v) is 17.1. The van der Waals surface area contributed by atoms with Crippen LogP contribution in [0.15, 0.2) is 46.1 Å². The number of benzene rings is 1. The zero-order chi connectivity index (χ0) is 22.3. The van der Waals surface area contributed by atoms with Crippen molar-refractivity contribution in [3.8, 4) is 0 Å². The number of aromatic nitrogens is 1. The van der Waals surface area contributed by atoms with Crippen molar-refractivity contribution in [3.05, 3.63) is 68.6 Å². The minimum absolute atomic E-state index is 0.0221. The van der Waals surface area contributed by atoms with Crippen molar-refractivity contribution in [1.82, 2.24) is 10.3 Å². The van der Waals surface area contributed by atoms with Crippen molar-refractivity contribution >= 4 is 32.9 Å². The maximum atomic E-state index is 13.6. The third-order valence-electron chi connectivity index (χ3n) is 4.54. The van der Waals surface area contributed by atoms with E-state index >= 15 is 0 Å². The van der Waals surface area contributed by atoms with E-state index in [0.717, 1.165) is 6.07 Å². The number of hydrogen-bond acceptors (Lipinski definition) is 4. The molecule has 6 nitrogen and oxygen atoms in total. The van der Waals surface area contributed by atoms with Crippen molar-refractivity contribution in [1.29, 1.82) is 0 Å². The fraction of sp³-hybridized carbons (Fsp3) is 0.263. The Balaban J connectivity index is 2.23. The van der Waals surface area contributed by atoms with Crippen LogP contribution in [-0.4, -0.2) is 31.6 Å². The molecule has 1 aromatic heterocycles. The lowest BCUT2D eigenvalue weighted by Gasteiger charge is -2.16. The van der Waals surface area contributed by atoms with Crippen molar-refractivity contribution in [2.75, 3.05) is 6.26 Å². The minimum atomic E-state index is -4.92. The number of H-pyrrole nitrogens is 1. The number of halogens is 4. The van der Waals surface area contributed by atoms with Crippen molar-refractivity contribution in [3.63, 3.8) is 0 Å². The Labute approximate surface area is 174 Å². The van der Waals surface area contributed by atoms with Crippen LogP contribution in [0.4, 0.5) is 13.2 Å².